The summed E-state index contributed by atoms with van der Waals surface area (Å²) < 4.78 is 54.4. The van der Waals surface area contributed by atoms with Gasteiger partial charge >= 0.3 is 21.3 Å². The van der Waals surface area contributed by atoms with Crippen molar-refractivity contribution in [2.24, 2.45) is 0 Å². The molecule has 1 amide bonds. The van der Waals surface area contributed by atoms with E-state index in [0.29, 0.717) is 12.8 Å². The summed E-state index contributed by atoms with van der Waals surface area (Å²) >= 11 is 0. The van der Waals surface area contributed by atoms with Crippen molar-refractivity contribution >= 4 is 16.0 Å². The number of nitrogens with one attached hydrogen (secondary N) is 1. The van der Waals surface area contributed by atoms with Crippen molar-refractivity contribution in [3.63, 3.8) is 0 Å². The van der Waals surface area contributed by atoms with Crippen LogP contribution in [0, 0.1) is 0 Å². The second-order valence-corrected chi connectivity index (χ2v) is 5.26. The van der Waals surface area contributed by atoms with Crippen molar-refractivity contribution in [3.8, 4) is 0 Å². The van der Waals surface area contributed by atoms with E-state index in [4.69, 9.17) is 4.55 Å². The molecule has 1 rings (SSSR count). The topological polar surface area (TPSA) is 83.5 Å². The van der Waals surface area contributed by atoms with Crippen molar-refractivity contribution in [3.05, 3.63) is 0 Å². The zero-order valence-electron chi connectivity index (χ0n) is 8.45. The van der Waals surface area contributed by atoms with Gasteiger partial charge in [-0.1, -0.05) is 19.3 Å². The SMILES string of the molecule is O=C(NC1CCCCC1)C(F)(F)S(=O)(=O)O. The van der Waals surface area contributed by atoms with Gasteiger partial charge in [0.15, 0.2) is 0 Å². The number of amides is 1. The van der Waals surface area contributed by atoms with E-state index in [0.717, 1.165) is 19.3 Å². The Morgan fingerprint density at radius 1 is 1.25 bits per heavy atom. The standard InChI is InChI=1S/C8H13F2NO4S/c9-8(10,16(13,14)15)7(12)11-6-4-2-1-3-5-6/h6H,1-5H2,(H,11,12)(H,13,14,15). The Kier molecular flexibility index (Phi) is 3.84. The minimum absolute atomic E-state index is 0.436. The molecule has 1 fully saturated rings. The highest BCUT2D eigenvalue weighted by Gasteiger charge is 2.52. The molecule has 0 aromatic heterocycles. The molecule has 0 heterocycles. The molecule has 0 spiro atoms. The molecular weight excluding hydrogens is 244 g/mol. The molecule has 0 radical (unpaired) electrons. The lowest BCUT2D eigenvalue weighted by Gasteiger charge is -2.24. The lowest BCUT2D eigenvalue weighted by atomic mass is 9.95. The summed E-state index contributed by atoms with van der Waals surface area (Å²) in [6.45, 7) is 0. The Balaban J connectivity index is 2.64. The number of halogens is 2. The molecule has 2 N–H and O–H groups in total. The maximum Gasteiger partial charge on any atom is 0.446 e. The number of hydrogen-bond acceptors (Lipinski definition) is 3. The maximum atomic E-state index is 12.8. The Labute approximate surface area is 92.0 Å². The summed E-state index contributed by atoms with van der Waals surface area (Å²) in [5.41, 5.74) is 0. The smallest absolute Gasteiger partial charge is 0.347 e. The lowest BCUT2D eigenvalue weighted by Crippen LogP contribution is -2.49. The van der Waals surface area contributed by atoms with Crippen LogP contribution in [0.25, 0.3) is 0 Å². The van der Waals surface area contributed by atoms with Gasteiger partial charge in [-0.25, -0.2) is 0 Å². The Bertz CT molecular complexity index is 362. The minimum Gasteiger partial charge on any atom is -0.347 e. The van der Waals surface area contributed by atoms with Crippen LogP contribution >= 0.6 is 0 Å². The third-order valence-corrected chi connectivity index (χ3v) is 3.36. The highest BCUT2D eigenvalue weighted by Crippen LogP contribution is 2.23. The van der Waals surface area contributed by atoms with Crippen LogP contribution in [0.1, 0.15) is 32.1 Å². The van der Waals surface area contributed by atoms with Crippen molar-refractivity contribution in [2.75, 3.05) is 0 Å². The summed E-state index contributed by atoms with van der Waals surface area (Å²) in [5, 5.41) is -2.84. The van der Waals surface area contributed by atoms with E-state index in [1.165, 1.54) is 0 Å². The summed E-state index contributed by atoms with van der Waals surface area (Å²) in [6, 6.07) is -0.436. The normalized spacial score (nSPS) is 19.4. The van der Waals surface area contributed by atoms with Crippen LogP contribution in [0.15, 0.2) is 0 Å². The number of alkyl halides is 2. The summed E-state index contributed by atoms with van der Waals surface area (Å²) in [5.74, 6) is -1.96. The number of rotatable bonds is 3. The molecule has 5 nitrogen and oxygen atoms in total. The van der Waals surface area contributed by atoms with E-state index >= 15 is 0 Å². The van der Waals surface area contributed by atoms with Crippen molar-refractivity contribution in [1.82, 2.24) is 5.32 Å². The highest BCUT2D eigenvalue weighted by molar-refractivity contribution is 7.87. The molecular formula is C8H13F2NO4S. The number of carbonyl (C=O) groups is 1. The third kappa shape index (κ3) is 2.88. The molecule has 0 atom stereocenters. The van der Waals surface area contributed by atoms with Crippen LogP contribution in [0.3, 0.4) is 0 Å². The monoisotopic (exact) mass is 257 g/mol. The summed E-state index contributed by atoms with van der Waals surface area (Å²) in [7, 11) is -5.70. The molecule has 8 heteroatoms. The fourth-order valence-corrected chi connectivity index (χ4v) is 1.93. The first-order valence-electron chi connectivity index (χ1n) is 4.91. The van der Waals surface area contributed by atoms with Crippen molar-refractivity contribution in [1.29, 1.82) is 0 Å². The van der Waals surface area contributed by atoms with E-state index in [1.807, 2.05) is 5.32 Å². The molecule has 0 bridgehead atoms. The van der Waals surface area contributed by atoms with E-state index in [9.17, 15) is 22.0 Å². The summed E-state index contributed by atoms with van der Waals surface area (Å²) in [4.78, 5) is 11.0. The van der Waals surface area contributed by atoms with Gasteiger partial charge in [0.05, 0.1) is 0 Å². The number of hydrogen-bond donors (Lipinski definition) is 2. The van der Waals surface area contributed by atoms with Gasteiger partial charge in [0.25, 0.3) is 0 Å². The molecule has 0 aliphatic heterocycles. The fraction of sp³-hybridized carbons (Fsp3) is 0.875. The van der Waals surface area contributed by atoms with Gasteiger partial charge in [-0.15, -0.1) is 0 Å². The number of carbonyl (C=O) groups excluding carboxylic acids is 1. The largest absolute Gasteiger partial charge is 0.446 e. The predicted octanol–water partition coefficient (Wildman–Crippen LogP) is 0.916. The van der Waals surface area contributed by atoms with Crippen LogP contribution in [-0.4, -0.2) is 30.2 Å². The van der Waals surface area contributed by atoms with E-state index in [1.54, 1.807) is 0 Å². The van der Waals surface area contributed by atoms with Gasteiger partial charge in [-0.05, 0) is 12.8 Å². The second kappa shape index (κ2) is 4.62. The molecule has 1 aliphatic carbocycles. The Morgan fingerprint density at radius 2 is 1.75 bits per heavy atom. The van der Waals surface area contributed by atoms with Crippen molar-refractivity contribution in [2.45, 2.75) is 43.4 Å². The van der Waals surface area contributed by atoms with Crippen LogP contribution in [-0.2, 0) is 14.9 Å². The first kappa shape index (κ1) is 13.3. The third-order valence-electron chi connectivity index (χ3n) is 2.53. The maximum absolute atomic E-state index is 12.8. The average Bonchev–Trinajstić information content (AvgIpc) is 2.17. The molecule has 0 aromatic rings. The van der Waals surface area contributed by atoms with Gasteiger partial charge in [-0.2, -0.15) is 17.2 Å². The minimum atomic E-state index is -5.70. The van der Waals surface area contributed by atoms with Gasteiger partial charge in [-0.3, -0.25) is 9.35 Å². The molecule has 1 saturated carbocycles. The van der Waals surface area contributed by atoms with Crippen LogP contribution in [0.4, 0.5) is 8.78 Å². The zero-order chi connectivity index (χ0) is 12.4. The van der Waals surface area contributed by atoms with Crippen LogP contribution in [0.5, 0.6) is 0 Å². The predicted molar refractivity (Wildman–Crippen MR) is 51.5 cm³/mol. The molecule has 0 unspecified atom stereocenters. The molecule has 16 heavy (non-hydrogen) atoms. The Morgan fingerprint density at radius 3 is 2.19 bits per heavy atom. The van der Waals surface area contributed by atoms with Crippen LogP contribution < -0.4 is 5.32 Å². The first-order chi connectivity index (χ1) is 7.25. The second-order valence-electron chi connectivity index (χ2n) is 3.80. The molecule has 94 valence electrons. The fourth-order valence-electron chi connectivity index (χ4n) is 1.63. The van der Waals surface area contributed by atoms with Gasteiger partial charge in [0.1, 0.15) is 0 Å². The van der Waals surface area contributed by atoms with Crippen LogP contribution in [0.2, 0.25) is 0 Å². The van der Waals surface area contributed by atoms with Gasteiger partial charge in [0, 0.05) is 6.04 Å². The highest BCUT2D eigenvalue weighted by atomic mass is 32.2. The van der Waals surface area contributed by atoms with Gasteiger partial charge in [0.2, 0.25) is 0 Å². The molecule has 0 aromatic carbocycles. The quantitative estimate of drug-likeness (QED) is 0.736. The molecule has 0 saturated heterocycles. The van der Waals surface area contributed by atoms with Crippen molar-refractivity contribution < 1.29 is 26.5 Å². The van der Waals surface area contributed by atoms with E-state index < -0.39 is 27.3 Å². The molecule has 1 aliphatic rings. The zero-order valence-corrected chi connectivity index (χ0v) is 9.27. The Hall–Kier alpha value is -0.760. The van der Waals surface area contributed by atoms with Gasteiger partial charge < -0.3 is 5.32 Å². The van der Waals surface area contributed by atoms with E-state index in [-0.39, 0.29) is 0 Å². The average molecular weight is 257 g/mol. The summed E-state index contributed by atoms with van der Waals surface area (Å²) in [6.07, 6.45) is 3.69. The van der Waals surface area contributed by atoms with E-state index in [2.05, 4.69) is 0 Å². The first-order valence-corrected chi connectivity index (χ1v) is 6.35. The lowest BCUT2D eigenvalue weighted by molar-refractivity contribution is -0.137.